The highest BCUT2D eigenvalue weighted by molar-refractivity contribution is 5.16. The Morgan fingerprint density at radius 2 is 2.33 bits per heavy atom. The van der Waals surface area contributed by atoms with Crippen molar-refractivity contribution in [2.45, 2.75) is 58.7 Å². The van der Waals surface area contributed by atoms with Gasteiger partial charge in [-0.05, 0) is 25.3 Å². The summed E-state index contributed by atoms with van der Waals surface area (Å²) >= 11 is 0. The summed E-state index contributed by atoms with van der Waals surface area (Å²) in [6.07, 6.45) is 5.39. The average molecular weight is 249 g/mol. The third-order valence-electron chi connectivity index (χ3n) is 3.24. The second kappa shape index (κ2) is 6.25. The van der Waals surface area contributed by atoms with Gasteiger partial charge in [-0.25, -0.2) is 9.97 Å². The summed E-state index contributed by atoms with van der Waals surface area (Å²) in [5.74, 6) is 0.910. The molecule has 0 saturated carbocycles. The quantitative estimate of drug-likeness (QED) is 0.867. The smallest absolute Gasteiger partial charge is 0.131 e. The zero-order chi connectivity index (χ0) is 13.0. The van der Waals surface area contributed by atoms with Gasteiger partial charge in [0.15, 0.2) is 0 Å². The van der Waals surface area contributed by atoms with Crippen molar-refractivity contribution < 1.29 is 4.74 Å². The Balaban J connectivity index is 2.00. The van der Waals surface area contributed by atoms with Crippen LogP contribution in [0.1, 0.15) is 43.8 Å². The number of aryl methyl sites for hydroxylation is 1. The number of hydrogen-bond acceptors (Lipinski definition) is 4. The molecule has 1 aliphatic heterocycles. The minimum atomic E-state index is 0.318. The van der Waals surface area contributed by atoms with E-state index in [-0.39, 0.29) is 0 Å². The Morgan fingerprint density at radius 1 is 1.50 bits per heavy atom. The van der Waals surface area contributed by atoms with Crippen molar-refractivity contribution in [3.63, 3.8) is 0 Å². The number of ether oxygens (including phenoxy) is 1. The minimum Gasteiger partial charge on any atom is -0.378 e. The second-order valence-corrected chi connectivity index (χ2v) is 5.29. The van der Waals surface area contributed by atoms with Gasteiger partial charge in [-0.1, -0.05) is 13.8 Å². The van der Waals surface area contributed by atoms with Crippen molar-refractivity contribution >= 4 is 0 Å². The van der Waals surface area contributed by atoms with Crippen LogP contribution >= 0.6 is 0 Å². The number of hydrogen-bond donors (Lipinski definition) is 1. The van der Waals surface area contributed by atoms with Crippen molar-refractivity contribution in [2.24, 2.45) is 0 Å². The Labute approximate surface area is 109 Å². The van der Waals surface area contributed by atoms with E-state index in [9.17, 15) is 0 Å². The van der Waals surface area contributed by atoms with Crippen molar-refractivity contribution in [1.29, 1.82) is 0 Å². The van der Waals surface area contributed by atoms with Crippen LogP contribution in [0.4, 0.5) is 0 Å². The third kappa shape index (κ3) is 3.75. The standard InChI is InChI=1S/C14H23N3O/c1-10(2)15-9-13-11(3)8-16-14(17-13)7-12-5-4-6-18-12/h8,10,12,15H,4-7,9H2,1-3H3. The molecule has 1 aliphatic rings. The number of rotatable bonds is 5. The van der Waals surface area contributed by atoms with E-state index in [2.05, 4.69) is 36.1 Å². The molecule has 0 aromatic carbocycles. The van der Waals surface area contributed by atoms with Gasteiger partial charge in [0.05, 0.1) is 11.8 Å². The summed E-state index contributed by atoms with van der Waals surface area (Å²) in [7, 11) is 0. The molecule has 1 fully saturated rings. The van der Waals surface area contributed by atoms with Crippen LogP contribution in [0.2, 0.25) is 0 Å². The molecule has 1 unspecified atom stereocenters. The SMILES string of the molecule is Cc1cnc(CC2CCCO2)nc1CNC(C)C. The predicted molar refractivity (Wildman–Crippen MR) is 71.4 cm³/mol. The molecule has 4 nitrogen and oxygen atoms in total. The lowest BCUT2D eigenvalue weighted by atomic mass is 10.1. The summed E-state index contributed by atoms with van der Waals surface area (Å²) < 4.78 is 5.63. The highest BCUT2D eigenvalue weighted by atomic mass is 16.5. The second-order valence-electron chi connectivity index (χ2n) is 5.29. The van der Waals surface area contributed by atoms with Gasteiger partial charge in [0, 0.05) is 31.8 Å². The highest BCUT2D eigenvalue weighted by Gasteiger charge is 2.17. The Bertz CT molecular complexity index is 387. The van der Waals surface area contributed by atoms with E-state index in [1.807, 2.05) is 6.20 Å². The van der Waals surface area contributed by atoms with Crippen LogP contribution in [0.5, 0.6) is 0 Å². The maximum absolute atomic E-state index is 5.63. The summed E-state index contributed by atoms with van der Waals surface area (Å²) in [6.45, 7) is 8.05. The first-order chi connectivity index (χ1) is 8.65. The highest BCUT2D eigenvalue weighted by Crippen LogP contribution is 2.16. The van der Waals surface area contributed by atoms with E-state index in [1.165, 1.54) is 0 Å². The van der Waals surface area contributed by atoms with Crippen LogP contribution in [-0.2, 0) is 17.7 Å². The minimum absolute atomic E-state index is 0.318. The molecule has 1 aromatic rings. The predicted octanol–water partition coefficient (Wildman–Crippen LogP) is 2.00. The molecule has 0 radical (unpaired) electrons. The first kappa shape index (κ1) is 13.4. The average Bonchev–Trinajstić information content (AvgIpc) is 2.82. The van der Waals surface area contributed by atoms with Crippen LogP contribution in [-0.4, -0.2) is 28.7 Å². The van der Waals surface area contributed by atoms with E-state index >= 15 is 0 Å². The molecule has 0 amide bonds. The molecule has 0 bridgehead atoms. The molecule has 4 heteroatoms. The van der Waals surface area contributed by atoms with Crippen molar-refractivity contribution in [2.75, 3.05) is 6.61 Å². The molecule has 0 spiro atoms. The summed E-state index contributed by atoms with van der Waals surface area (Å²) in [6, 6.07) is 0.473. The van der Waals surface area contributed by atoms with Gasteiger partial charge in [-0.2, -0.15) is 0 Å². The summed E-state index contributed by atoms with van der Waals surface area (Å²) in [5.41, 5.74) is 2.26. The van der Waals surface area contributed by atoms with Gasteiger partial charge in [0.1, 0.15) is 5.82 Å². The maximum atomic E-state index is 5.63. The van der Waals surface area contributed by atoms with Crippen LogP contribution in [0.25, 0.3) is 0 Å². The molecule has 1 aromatic heterocycles. The summed E-state index contributed by atoms with van der Waals surface area (Å²) in [4.78, 5) is 9.06. The fourth-order valence-corrected chi connectivity index (χ4v) is 2.11. The molecule has 18 heavy (non-hydrogen) atoms. The molecule has 1 saturated heterocycles. The lowest BCUT2D eigenvalue weighted by Crippen LogP contribution is -2.23. The maximum Gasteiger partial charge on any atom is 0.131 e. The number of aromatic nitrogens is 2. The molecule has 100 valence electrons. The van der Waals surface area contributed by atoms with Crippen molar-refractivity contribution in [3.05, 3.63) is 23.3 Å². The van der Waals surface area contributed by atoms with Crippen LogP contribution < -0.4 is 5.32 Å². The number of nitrogens with zero attached hydrogens (tertiary/aromatic N) is 2. The van der Waals surface area contributed by atoms with Gasteiger partial charge in [-0.3, -0.25) is 0 Å². The topological polar surface area (TPSA) is 47.0 Å². The fourth-order valence-electron chi connectivity index (χ4n) is 2.11. The zero-order valence-electron chi connectivity index (χ0n) is 11.6. The Morgan fingerprint density at radius 3 is 3.00 bits per heavy atom. The largest absolute Gasteiger partial charge is 0.378 e. The Kier molecular flexibility index (Phi) is 4.66. The molecule has 1 N–H and O–H groups in total. The zero-order valence-corrected chi connectivity index (χ0v) is 11.6. The van der Waals surface area contributed by atoms with Crippen LogP contribution in [0.3, 0.4) is 0 Å². The van der Waals surface area contributed by atoms with Crippen LogP contribution in [0.15, 0.2) is 6.20 Å². The summed E-state index contributed by atoms with van der Waals surface area (Å²) in [5, 5.41) is 3.40. The van der Waals surface area contributed by atoms with E-state index < -0.39 is 0 Å². The van der Waals surface area contributed by atoms with Crippen LogP contribution in [0, 0.1) is 6.92 Å². The van der Waals surface area contributed by atoms with Crippen molar-refractivity contribution in [3.8, 4) is 0 Å². The van der Waals surface area contributed by atoms with E-state index in [0.717, 1.165) is 49.5 Å². The lowest BCUT2D eigenvalue weighted by Gasteiger charge is -2.12. The van der Waals surface area contributed by atoms with Crippen molar-refractivity contribution in [1.82, 2.24) is 15.3 Å². The van der Waals surface area contributed by atoms with E-state index in [1.54, 1.807) is 0 Å². The fraction of sp³-hybridized carbons (Fsp3) is 0.714. The van der Waals surface area contributed by atoms with Gasteiger partial charge in [-0.15, -0.1) is 0 Å². The van der Waals surface area contributed by atoms with E-state index in [4.69, 9.17) is 4.74 Å². The first-order valence-corrected chi connectivity index (χ1v) is 6.81. The molecule has 2 heterocycles. The molecule has 0 aliphatic carbocycles. The van der Waals surface area contributed by atoms with E-state index in [0.29, 0.717) is 12.1 Å². The Hall–Kier alpha value is -1.00. The van der Waals surface area contributed by atoms with Gasteiger partial charge >= 0.3 is 0 Å². The van der Waals surface area contributed by atoms with Gasteiger partial charge < -0.3 is 10.1 Å². The molecule has 2 rings (SSSR count). The van der Waals surface area contributed by atoms with Gasteiger partial charge in [0.25, 0.3) is 0 Å². The third-order valence-corrected chi connectivity index (χ3v) is 3.24. The molecular formula is C14H23N3O. The monoisotopic (exact) mass is 249 g/mol. The molecule has 1 atom stereocenters. The van der Waals surface area contributed by atoms with Gasteiger partial charge in [0.2, 0.25) is 0 Å². The normalized spacial score (nSPS) is 19.7. The molecular weight excluding hydrogens is 226 g/mol. The number of nitrogens with one attached hydrogen (secondary N) is 1. The first-order valence-electron chi connectivity index (χ1n) is 6.81. The lowest BCUT2D eigenvalue weighted by molar-refractivity contribution is 0.110.